The summed E-state index contributed by atoms with van der Waals surface area (Å²) in [5.74, 6) is -0.372. The van der Waals surface area contributed by atoms with E-state index in [9.17, 15) is 17.6 Å². The molecule has 2 saturated heterocycles. The molecule has 0 aromatic heterocycles. The van der Waals surface area contributed by atoms with Crippen molar-refractivity contribution < 1.29 is 17.6 Å². The molecule has 33 heavy (non-hydrogen) atoms. The van der Waals surface area contributed by atoms with Gasteiger partial charge in [0.15, 0.2) is 9.84 Å². The van der Waals surface area contributed by atoms with E-state index in [-0.39, 0.29) is 11.8 Å². The van der Waals surface area contributed by atoms with Gasteiger partial charge in [-0.1, -0.05) is 24.3 Å². The Balaban J connectivity index is 1.24. The number of piperidine rings is 1. The average molecular weight is 475 g/mol. The topological polar surface area (TPSA) is 73.0 Å². The number of amides is 2. The lowest BCUT2D eigenvalue weighted by Crippen LogP contribution is -2.54. The van der Waals surface area contributed by atoms with Gasteiger partial charge in [-0.05, 0) is 55.8 Å². The molecule has 2 amide bonds. The Bertz CT molecular complexity index is 1080. The number of hydrogen-bond acceptors (Lipinski definition) is 5. The van der Waals surface area contributed by atoms with Crippen LogP contribution in [0.5, 0.6) is 0 Å². The van der Waals surface area contributed by atoms with Gasteiger partial charge in [0.25, 0.3) is 0 Å². The zero-order valence-electron chi connectivity index (χ0n) is 18.9. The van der Waals surface area contributed by atoms with Gasteiger partial charge in [0.2, 0.25) is 0 Å². The van der Waals surface area contributed by atoms with Crippen molar-refractivity contribution in [3.8, 4) is 0 Å². The van der Waals surface area contributed by atoms with Crippen LogP contribution in [0.2, 0.25) is 0 Å². The lowest BCUT2D eigenvalue weighted by Gasteiger charge is -2.42. The number of nitrogens with one attached hydrogen (secondary N) is 1. The smallest absolute Gasteiger partial charge is 0.321 e. The second-order valence-electron chi connectivity index (χ2n) is 8.85. The van der Waals surface area contributed by atoms with Crippen LogP contribution >= 0.6 is 0 Å². The number of rotatable bonds is 5. The first-order valence-corrected chi connectivity index (χ1v) is 13.2. The zero-order chi connectivity index (χ0) is 23.4. The highest BCUT2D eigenvalue weighted by atomic mass is 32.2. The fourth-order valence-electron chi connectivity index (χ4n) is 4.74. The van der Waals surface area contributed by atoms with Crippen molar-refractivity contribution in [2.24, 2.45) is 0 Å². The lowest BCUT2D eigenvalue weighted by atomic mass is 10.0. The quantitative estimate of drug-likeness (QED) is 0.721. The standard InChI is InChI=1S/C24H31FN4O3S/c1-33(31,32)23-8-3-2-5-19(23)18-27-11-9-22(10-12-27)28-13-15-29(16-14-28)24(30)26-21-7-4-6-20(25)17-21/h2-8,17,22H,9-16,18H2,1H3,(H,26,30). The van der Waals surface area contributed by atoms with Gasteiger partial charge in [0.1, 0.15) is 5.82 Å². The molecule has 1 N–H and O–H groups in total. The first kappa shape index (κ1) is 23.7. The molecule has 0 saturated carbocycles. The van der Waals surface area contributed by atoms with Crippen molar-refractivity contribution in [1.29, 1.82) is 0 Å². The second kappa shape index (κ2) is 10.2. The normalized spacial score (nSPS) is 18.9. The van der Waals surface area contributed by atoms with Gasteiger partial charge >= 0.3 is 6.03 Å². The number of sulfone groups is 1. The van der Waals surface area contributed by atoms with Crippen molar-refractivity contribution in [3.05, 3.63) is 59.9 Å². The first-order valence-electron chi connectivity index (χ1n) is 11.4. The predicted molar refractivity (Wildman–Crippen MR) is 126 cm³/mol. The highest BCUT2D eigenvalue weighted by Gasteiger charge is 2.29. The molecular formula is C24H31FN4O3S. The Morgan fingerprint density at radius 1 is 1.00 bits per heavy atom. The van der Waals surface area contributed by atoms with Gasteiger partial charge in [0.05, 0.1) is 4.90 Å². The summed E-state index contributed by atoms with van der Waals surface area (Å²) in [7, 11) is -3.24. The molecule has 2 heterocycles. The van der Waals surface area contributed by atoms with E-state index < -0.39 is 9.84 Å². The largest absolute Gasteiger partial charge is 0.322 e. The minimum atomic E-state index is -3.24. The van der Waals surface area contributed by atoms with Crippen molar-refractivity contribution in [3.63, 3.8) is 0 Å². The Morgan fingerprint density at radius 3 is 2.36 bits per heavy atom. The summed E-state index contributed by atoms with van der Waals surface area (Å²) in [6.45, 7) is 5.40. The number of urea groups is 1. The van der Waals surface area contributed by atoms with Crippen LogP contribution in [0.15, 0.2) is 53.4 Å². The molecule has 0 radical (unpaired) electrons. The van der Waals surface area contributed by atoms with Crippen LogP contribution in [-0.4, -0.2) is 80.7 Å². The summed E-state index contributed by atoms with van der Waals surface area (Å²) in [6, 6.07) is 13.4. The molecule has 9 heteroatoms. The van der Waals surface area contributed by atoms with Crippen LogP contribution in [0.1, 0.15) is 18.4 Å². The molecule has 0 bridgehead atoms. The van der Waals surface area contributed by atoms with Crippen LogP contribution in [0, 0.1) is 5.82 Å². The third-order valence-corrected chi connectivity index (χ3v) is 7.71. The first-order chi connectivity index (χ1) is 15.8. The number of carbonyl (C=O) groups is 1. The summed E-state index contributed by atoms with van der Waals surface area (Å²) in [6.07, 6.45) is 3.31. The molecule has 0 atom stereocenters. The fourth-order valence-corrected chi connectivity index (χ4v) is 5.67. The second-order valence-corrected chi connectivity index (χ2v) is 10.8. The van der Waals surface area contributed by atoms with E-state index in [4.69, 9.17) is 0 Å². The van der Waals surface area contributed by atoms with Gasteiger partial charge in [-0.25, -0.2) is 17.6 Å². The number of anilines is 1. The van der Waals surface area contributed by atoms with E-state index in [1.165, 1.54) is 18.4 Å². The molecule has 7 nitrogen and oxygen atoms in total. The van der Waals surface area contributed by atoms with E-state index in [0.717, 1.165) is 44.6 Å². The third-order valence-electron chi connectivity index (χ3n) is 6.52. The number of nitrogens with zero attached hydrogens (tertiary/aromatic N) is 3. The van der Waals surface area contributed by atoms with E-state index in [1.807, 2.05) is 12.1 Å². The SMILES string of the molecule is CS(=O)(=O)c1ccccc1CN1CCC(N2CCN(C(=O)Nc3cccc(F)c3)CC2)CC1. The van der Waals surface area contributed by atoms with E-state index in [2.05, 4.69) is 15.1 Å². The number of carbonyl (C=O) groups excluding carboxylic acids is 1. The van der Waals surface area contributed by atoms with Crippen molar-refractivity contribution >= 4 is 21.6 Å². The van der Waals surface area contributed by atoms with Crippen molar-refractivity contribution in [2.75, 3.05) is 50.8 Å². The Kier molecular flexibility index (Phi) is 7.31. The highest BCUT2D eigenvalue weighted by Crippen LogP contribution is 2.23. The molecular weight excluding hydrogens is 443 g/mol. The van der Waals surface area contributed by atoms with Crippen LogP contribution in [0.25, 0.3) is 0 Å². The van der Waals surface area contributed by atoms with Crippen molar-refractivity contribution in [2.45, 2.75) is 30.3 Å². The Labute approximate surface area is 195 Å². The van der Waals surface area contributed by atoms with Crippen LogP contribution in [0.3, 0.4) is 0 Å². The molecule has 4 rings (SSSR count). The van der Waals surface area contributed by atoms with E-state index in [1.54, 1.807) is 29.2 Å². The Morgan fingerprint density at radius 2 is 1.70 bits per heavy atom. The minimum Gasteiger partial charge on any atom is -0.322 e. The molecule has 0 spiro atoms. The molecule has 0 unspecified atom stereocenters. The number of benzene rings is 2. The molecule has 178 valence electrons. The average Bonchev–Trinajstić information content (AvgIpc) is 2.79. The van der Waals surface area contributed by atoms with Gasteiger partial charge in [-0.15, -0.1) is 0 Å². The maximum absolute atomic E-state index is 13.3. The fraction of sp³-hybridized carbons (Fsp3) is 0.458. The van der Waals surface area contributed by atoms with Gasteiger partial charge in [-0.3, -0.25) is 9.80 Å². The monoisotopic (exact) mass is 474 g/mol. The molecule has 0 aliphatic carbocycles. The van der Waals surface area contributed by atoms with E-state index >= 15 is 0 Å². The molecule has 2 aromatic carbocycles. The maximum atomic E-state index is 13.3. The summed E-state index contributed by atoms with van der Waals surface area (Å²) < 4.78 is 37.5. The number of hydrogen-bond donors (Lipinski definition) is 1. The summed E-state index contributed by atoms with van der Waals surface area (Å²) in [5, 5.41) is 2.77. The zero-order valence-corrected chi connectivity index (χ0v) is 19.7. The molecule has 2 fully saturated rings. The lowest BCUT2D eigenvalue weighted by molar-refractivity contribution is 0.0688. The third kappa shape index (κ3) is 6.10. The van der Waals surface area contributed by atoms with Gasteiger partial charge in [0, 0.05) is 50.7 Å². The van der Waals surface area contributed by atoms with Crippen LogP contribution in [-0.2, 0) is 16.4 Å². The van der Waals surface area contributed by atoms with E-state index in [0.29, 0.717) is 36.3 Å². The number of piperazine rings is 1. The predicted octanol–water partition coefficient (Wildman–Crippen LogP) is 3.04. The highest BCUT2D eigenvalue weighted by molar-refractivity contribution is 7.90. The summed E-state index contributed by atoms with van der Waals surface area (Å²) >= 11 is 0. The maximum Gasteiger partial charge on any atom is 0.321 e. The van der Waals surface area contributed by atoms with Crippen molar-refractivity contribution in [1.82, 2.24) is 14.7 Å². The molecule has 2 aromatic rings. The van der Waals surface area contributed by atoms with Gasteiger partial charge in [-0.2, -0.15) is 0 Å². The van der Waals surface area contributed by atoms with Crippen LogP contribution < -0.4 is 5.32 Å². The summed E-state index contributed by atoms with van der Waals surface area (Å²) in [4.78, 5) is 19.5. The molecule has 2 aliphatic heterocycles. The molecule has 2 aliphatic rings. The minimum absolute atomic E-state index is 0.195. The summed E-state index contributed by atoms with van der Waals surface area (Å²) in [5.41, 5.74) is 1.32. The van der Waals surface area contributed by atoms with Crippen LogP contribution in [0.4, 0.5) is 14.9 Å². The number of likely N-dealkylation sites (tertiary alicyclic amines) is 1. The van der Waals surface area contributed by atoms with Gasteiger partial charge < -0.3 is 10.2 Å². The number of halogens is 1. The Hall–Kier alpha value is -2.49.